The molecule has 0 aliphatic carbocycles. The summed E-state index contributed by atoms with van der Waals surface area (Å²) >= 11 is 0. The number of aromatic nitrogens is 3. The van der Waals surface area contributed by atoms with Crippen LogP contribution in [0.3, 0.4) is 0 Å². The first-order chi connectivity index (χ1) is 12.9. The highest BCUT2D eigenvalue weighted by Crippen LogP contribution is 2.11. The number of nitrogens with one attached hydrogen (secondary N) is 1. The fourth-order valence-corrected chi connectivity index (χ4v) is 2.44. The summed E-state index contributed by atoms with van der Waals surface area (Å²) in [6, 6.07) is 13.1. The predicted molar refractivity (Wildman–Crippen MR) is 99.4 cm³/mol. The van der Waals surface area contributed by atoms with Gasteiger partial charge in [0, 0.05) is 5.69 Å². The number of ether oxygens (including phenoxy) is 1. The van der Waals surface area contributed by atoms with Crippen molar-refractivity contribution in [1.82, 2.24) is 15.0 Å². The first kappa shape index (κ1) is 18.2. The van der Waals surface area contributed by atoms with Crippen molar-refractivity contribution in [3.05, 3.63) is 64.4 Å². The third-order valence-electron chi connectivity index (χ3n) is 3.67. The van der Waals surface area contributed by atoms with Gasteiger partial charge in [0.05, 0.1) is 17.1 Å². The molecule has 3 aromatic rings. The molecule has 0 fully saturated rings. The molecule has 0 unspecified atom stereocenters. The molecule has 0 aliphatic heterocycles. The molecule has 0 saturated carbocycles. The average molecular weight is 366 g/mol. The van der Waals surface area contributed by atoms with Crippen LogP contribution in [0.2, 0.25) is 0 Å². The van der Waals surface area contributed by atoms with E-state index < -0.39 is 11.9 Å². The lowest BCUT2D eigenvalue weighted by molar-refractivity contribution is -0.117. The maximum absolute atomic E-state index is 12.4. The summed E-state index contributed by atoms with van der Waals surface area (Å²) < 4.78 is 6.11. The van der Waals surface area contributed by atoms with E-state index in [-0.39, 0.29) is 18.2 Å². The van der Waals surface area contributed by atoms with E-state index in [4.69, 9.17) is 4.74 Å². The molecular weight excluding hydrogens is 348 g/mol. The Hall–Kier alpha value is -3.55. The average Bonchev–Trinajstić information content (AvgIpc) is 2.64. The van der Waals surface area contributed by atoms with Crippen molar-refractivity contribution >= 4 is 28.5 Å². The number of carbonyl (C=O) groups excluding carboxylic acids is 2. The minimum Gasteiger partial charge on any atom is -0.459 e. The second kappa shape index (κ2) is 7.77. The van der Waals surface area contributed by atoms with E-state index in [0.29, 0.717) is 22.2 Å². The number of hydrogen-bond acceptors (Lipinski definition) is 6. The molecule has 2 aromatic carbocycles. The summed E-state index contributed by atoms with van der Waals surface area (Å²) in [4.78, 5) is 36.4. The van der Waals surface area contributed by atoms with Crippen LogP contribution in [0.4, 0.5) is 5.69 Å². The zero-order valence-electron chi connectivity index (χ0n) is 14.9. The molecule has 3 rings (SSSR count). The zero-order valence-corrected chi connectivity index (χ0v) is 14.9. The minimum atomic E-state index is -0.431. The first-order valence-corrected chi connectivity index (χ1v) is 8.37. The molecule has 138 valence electrons. The van der Waals surface area contributed by atoms with Gasteiger partial charge in [-0.25, -0.2) is 9.48 Å². The van der Waals surface area contributed by atoms with E-state index in [0.717, 1.165) is 4.68 Å². The lowest BCUT2D eigenvalue weighted by Crippen LogP contribution is -2.30. The number of esters is 1. The van der Waals surface area contributed by atoms with Crippen molar-refractivity contribution in [2.75, 3.05) is 5.32 Å². The van der Waals surface area contributed by atoms with Gasteiger partial charge in [-0.15, -0.1) is 5.10 Å². The summed E-state index contributed by atoms with van der Waals surface area (Å²) in [6.07, 6.45) is -0.210. The van der Waals surface area contributed by atoms with Gasteiger partial charge >= 0.3 is 5.97 Å². The second-order valence-electron chi connectivity index (χ2n) is 6.15. The third kappa shape index (κ3) is 4.35. The van der Waals surface area contributed by atoms with Crippen LogP contribution in [0.25, 0.3) is 10.9 Å². The normalized spacial score (nSPS) is 10.8. The van der Waals surface area contributed by atoms with E-state index in [9.17, 15) is 14.4 Å². The molecule has 27 heavy (non-hydrogen) atoms. The lowest BCUT2D eigenvalue weighted by Gasteiger charge is -2.09. The van der Waals surface area contributed by atoms with Crippen LogP contribution in [-0.4, -0.2) is 33.0 Å². The highest BCUT2D eigenvalue weighted by molar-refractivity contribution is 5.93. The maximum Gasteiger partial charge on any atom is 0.338 e. The Kier molecular flexibility index (Phi) is 5.25. The van der Waals surface area contributed by atoms with Crippen molar-refractivity contribution in [3.8, 4) is 0 Å². The standard InChI is InChI=1S/C19H18N4O4/c1-12(2)27-19(26)13-7-9-14(10-8-13)20-17(24)11-23-18(25)15-5-3-4-6-16(15)21-22-23/h3-10,12H,11H2,1-2H3,(H,20,24). The predicted octanol–water partition coefficient (Wildman–Crippen LogP) is 2.00. The number of carbonyl (C=O) groups is 2. The molecule has 0 saturated heterocycles. The zero-order chi connectivity index (χ0) is 19.4. The highest BCUT2D eigenvalue weighted by Gasteiger charge is 2.11. The molecule has 1 aromatic heterocycles. The fourth-order valence-electron chi connectivity index (χ4n) is 2.44. The summed E-state index contributed by atoms with van der Waals surface area (Å²) in [5.74, 6) is -0.861. The van der Waals surface area contributed by atoms with Crippen molar-refractivity contribution < 1.29 is 14.3 Å². The van der Waals surface area contributed by atoms with Crippen LogP contribution in [0.15, 0.2) is 53.3 Å². The summed E-state index contributed by atoms with van der Waals surface area (Å²) in [5.41, 5.74) is 0.965. The van der Waals surface area contributed by atoms with Crippen molar-refractivity contribution in [3.63, 3.8) is 0 Å². The van der Waals surface area contributed by atoms with Crippen molar-refractivity contribution in [1.29, 1.82) is 0 Å². The van der Waals surface area contributed by atoms with Gasteiger partial charge in [0.25, 0.3) is 5.56 Å². The van der Waals surface area contributed by atoms with Gasteiger partial charge in [0.15, 0.2) is 0 Å². The first-order valence-electron chi connectivity index (χ1n) is 8.37. The Balaban J connectivity index is 1.68. The van der Waals surface area contributed by atoms with E-state index >= 15 is 0 Å². The molecule has 0 bridgehead atoms. The SMILES string of the molecule is CC(C)OC(=O)c1ccc(NC(=O)Cn2nnc3ccccc3c2=O)cc1. The Bertz CT molecular complexity index is 1040. The smallest absolute Gasteiger partial charge is 0.338 e. The number of fused-ring (bicyclic) bond motifs is 1. The summed E-state index contributed by atoms with van der Waals surface area (Å²) in [7, 11) is 0. The molecule has 8 nitrogen and oxygen atoms in total. The van der Waals surface area contributed by atoms with E-state index in [1.165, 1.54) is 0 Å². The van der Waals surface area contributed by atoms with Crippen LogP contribution in [0.1, 0.15) is 24.2 Å². The van der Waals surface area contributed by atoms with Gasteiger partial charge in [-0.05, 0) is 50.2 Å². The third-order valence-corrected chi connectivity index (χ3v) is 3.67. The van der Waals surface area contributed by atoms with Crippen LogP contribution < -0.4 is 10.9 Å². The topological polar surface area (TPSA) is 103 Å². The molecule has 1 amide bonds. The van der Waals surface area contributed by atoms with Crippen molar-refractivity contribution in [2.24, 2.45) is 0 Å². The van der Waals surface area contributed by atoms with Gasteiger partial charge < -0.3 is 10.1 Å². The monoisotopic (exact) mass is 366 g/mol. The summed E-state index contributed by atoms with van der Waals surface area (Å²) in [5, 5.41) is 10.8. The van der Waals surface area contributed by atoms with Crippen molar-refractivity contribution in [2.45, 2.75) is 26.5 Å². The van der Waals surface area contributed by atoms with Gasteiger partial charge in [0.1, 0.15) is 12.1 Å². The Labute approximate surface area is 154 Å². The molecule has 1 N–H and O–H groups in total. The highest BCUT2D eigenvalue weighted by atomic mass is 16.5. The number of anilines is 1. The second-order valence-corrected chi connectivity index (χ2v) is 6.15. The number of amides is 1. The van der Waals surface area contributed by atoms with Crippen LogP contribution >= 0.6 is 0 Å². The maximum atomic E-state index is 12.4. The number of nitrogens with zero attached hydrogens (tertiary/aromatic N) is 3. The molecule has 8 heteroatoms. The fraction of sp³-hybridized carbons (Fsp3) is 0.211. The van der Waals surface area contributed by atoms with E-state index in [2.05, 4.69) is 15.6 Å². The molecule has 0 spiro atoms. The van der Waals surface area contributed by atoms with E-state index in [1.54, 1.807) is 62.4 Å². The number of benzene rings is 2. The Morgan fingerprint density at radius 3 is 2.52 bits per heavy atom. The lowest BCUT2D eigenvalue weighted by atomic mass is 10.2. The molecular formula is C19H18N4O4. The van der Waals surface area contributed by atoms with Gasteiger partial charge in [-0.1, -0.05) is 17.3 Å². The minimum absolute atomic E-state index is 0.210. The van der Waals surface area contributed by atoms with Crippen LogP contribution in [0.5, 0.6) is 0 Å². The quantitative estimate of drug-likeness (QED) is 0.693. The Morgan fingerprint density at radius 2 is 1.81 bits per heavy atom. The Morgan fingerprint density at radius 1 is 1.11 bits per heavy atom. The molecule has 0 atom stereocenters. The number of rotatable bonds is 5. The van der Waals surface area contributed by atoms with Gasteiger partial charge in [-0.3, -0.25) is 9.59 Å². The van der Waals surface area contributed by atoms with E-state index in [1.807, 2.05) is 0 Å². The molecule has 0 aliphatic rings. The molecule has 1 heterocycles. The van der Waals surface area contributed by atoms with Crippen LogP contribution in [0, 0.1) is 0 Å². The van der Waals surface area contributed by atoms with Gasteiger partial charge in [0.2, 0.25) is 5.91 Å². The summed E-state index contributed by atoms with van der Waals surface area (Å²) in [6.45, 7) is 3.27. The van der Waals surface area contributed by atoms with Gasteiger partial charge in [-0.2, -0.15) is 0 Å². The van der Waals surface area contributed by atoms with Crippen LogP contribution in [-0.2, 0) is 16.1 Å². The number of hydrogen-bond donors (Lipinski definition) is 1. The largest absolute Gasteiger partial charge is 0.459 e. The molecule has 0 radical (unpaired) electrons.